The van der Waals surface area contributed by atoms with Crippen molar-refractivity contribution in [1.82, 2.24) is 9.99 Å². The van der Waals surface area contributed by atoms with Gasteiger partial charge < -0.3 is 14.0 Å². The number of aromatic nitrogens is 1. The fourth-order valence-corrected chi connectivity index (χ4v) is 3.42. The minimum Gasteiger partial charge on any atom is -0.493 e. The maximum absolute atomic E-state index is 12.3. The molecule has 0 aliphatic carbocycles. The average Bonchev–Trinajstić information content (AvgIpc) is 3.02. The predicted octanol–water partition coefficient (Wildman–Crippen LogP) is 4.46. The molecule has 0 saturated carbocycles. The van der Waals surface area contributed by atoms with Gasteiger partial charge in [0.05, 0.1) is 26.9 Å². The number of nitrogens with zero attached hydrogens (tertiary/aromatic N) is 2. The summed E-state index contributed by atoms with van der Waals surface area (Å²) in [6.07, 6.45) is 1.84. The zero-order chi connectivity index (χ0) is 21.7. The molecule has 1 aromatic heterocycles. The molecule has 156 valence electrons. The summed E-state index contributed by atoms with van der Waals surface area (Å²) in [7, 11) is 3.13. The van der Waals surface area contributed by atoms with Gasteiger partial charge in [-0.05, 0) is 61.9 Å². The monoisotopic (exact) mass is 425 g/mol. The first-order valence-electron chi connectivity index (χ1n) is 9.40. The minimum absolute atomic E-state index is 0.182. The van der Waals surface area contributed by atoms with Gasteiger partial charge in [0, 0.05) is 27.7 Å². The first-order valence-corrected chi connectivity index (χ1v) is 9.78. The number of carbonyl (C=O) groups excluding carboxylic acids is 1. The summed E-state index contributed by atoms with van der Waals surface area (Å²) < 4.78 is 12.6. The standard InChI is InChI=1S/C23H24ClN3O3/c1-15-11-18(16(2)27(15)20-8-6-19(24)7-9-20)14-25-26-23(28)13-17-5-10-21(29-3)22(12-17)30-4/h5-12,14H,13H2,1-4H3,(H,26,28)/b25-14-. The van der Waals surface area contributed by atoms with Crippen LogP contribution in [0.2, 0.25) is 5.02 Å². The molecule has 3 rings (SSSR count). The molecule has 1 N–H and O–H groups in total. The molecule has 0 radical (unpaired) electrons. The van der Waals surface area contributed by atoms with Crippen molar-refractivity contribution < 1.29 is 14.3 Å². The molecular weight excluding hydrogens is 402 g/mol. The van der Waals surface area contributed by atoms with Crippen molar-refractivity contribution in [2.24, 2.45) is 5.10 Å². The van der Waals surface area contributed by atoms with Gasteiger partial charge in [-0.15, -0.1) is 0 Å². The Labute approximate surface area is 181 Å². The maximum atomic E-state index is 12.3. The second kappa shape index (κ2) is 9.50. The molecule has 1 amide bonds. The normalized spacial score (nSPS) is 11.0. The zero-order valence-electron chi connectivity index (χ0n) is 17.4. The van der Waals surface area contributed by atoms with E-state index in [1.807, 2.05) is 50.2 Å². The molecule has 0 aliphatic heterocycles. The number of hydrazone groups is 1. The number of carbonyl (C=O) groups is 1. The van der Waals surface area contributed by atoms with E-state index >= 15 is 0 Å². The molecule has 6 nitrogen and oxygen atoms in total. The number of ether oxygens (including phenoxy) is 2. The highest BCUT2D eigenvalue weighted by molar-refractivity contribution is 6.30. The van der Waals surface area contributed by atoms with E-state index in [4.69, 9.17) is 21.1 Å². The third-order valence-corrected chi connectivity index (χ3v) is 5.01. The zero-order valence-corrected chi connectivity index (χ0v) is 18.2. The van der Waals surface area contributed by atoms with Crippen LogP contribution in [0.5, 0.6) is 11.5 Å². The average molecular weight is 426 g/mol. The van der Waals surface area contributed by atoms with Crippen molar-refractivity contribution in [2.45, 2.75) is 20.3 Å². The van der Waals surface area contributed by atoms with E-state index in [1.54, 1.807) is 32.6 Å². The van der Waals surface area contributed by atoms with E-state index in [-0.39, 0.29) is 12.3 Å². The second-order valence-electron chi connectivity index (χ2n) is 6.80. The topological polar surface area (TPSA) is 64.8 Å². The van der Waals surface area contributed by atoms with Crippen molar-refractivity contribution >= 4 is 23.7 Å². The summed E-state index contributed by atoms with van der Waals surface area (Å²) in [5.41, 5.74) is 7.42. The number of halogens is 1. The molecule has 1 heterocycles. The second-order valence-corrected chi connectivity index (χ2v) is 7.23. The van der Waals surface area contributed by atoms with Crippen molar-refractivity contribution in [1.29, 1.82) is 0 Å². The van der Waals surface area contributed by atoms with Gasteiger partial charge in [0.2, 0.25) is 5.91 Å². The lowest BCUT2D eigenvalue weighted by Crippen LogP contribution is -2.19. The van der Waals surface area contributed by atoms with Crippen LogP contribution >= 0.6 is 11.6 Å². The Kier molecular flexibility index (Phi) is 6.79. The fraction of sp³-hybridized carbons (Fsp3) is 0.217. The van der Waals surface area contributed by atoms with Gasteiger partial charge in [-0.3, -0.25) is 4.79 Å². The van der Waals surface area contributed by atoms with Crippen molar-refractivity contribution in [3.8, 4) is 17.2 Å². The Morgan fingerprint density at radius 3 is 2.43 bits per heavy atom. The lowest BCUT2D eigenvalue weighted by molar-refractivity contribution is -0.120. The maximum Gasteiger partial charge on any atom is 0.244 e. The predicted molar refractivity (Wildman–Crippen MR) is 119 cm³/mol. The van der Waals surface area contributed by atoms with Gasteiger partial charge in [0.25, 0.3) is 0 Å². The number of amides is 1. The summed E-state index contributed by atoms with van der Waals surface area (Å²) >= 11 is 5.99. The molecule has 0 bridgehead atoms. The highest BCUT2D eigenvalue weighted by Crippen LogP contribution is 2.27. The Bertz CT molecular complexity index is 1070. The SMILES string of the molecule is COc1ccc(CC(=O)N/N=C\c2cc(C)n(-c3ccc(Cl)cc3)c2C)cc1OC. The summed E-state index contributed by atoms with van der Waals surface area (Å²) in [6, 6.07) is 15.1. The van der Waals surface area contributed by atoms with Crippen LogP contribution in [-0.4, -0.2) is 30.9 Å². The quantitative estimate of drug-likeness (QED) is 0.449. The van der Waals surface area contributed by atoms with E-state index < -0.39 is 0 Å². The number of hydrogen-bond acceptors (Lipinski definition) is 4. The van der Waals surface area contributed by atoms with Gasteiger partial charge in [0.15, 0.2) is 11.5 Å². The first kappa shape index (κ1) is 21.5. The number of aryl methyl sites for hydroxylation is 1. The van der Waals surface area contributed by atoms with Gasteiger partial charge in [0.1, 0.15) is 0 Å². The van der Waals surface area contributed by atoms with Gasteiger partial charge >= 0.3 is 0 Å². The number of rotatable bonds is 7. The molecule has 7 heteroatoms. The van der Waals surface area contributed by atoms with Crippen LogP contribution in [0.15, 0.2) is 53.6 Å². The number of nitrogens with one attached hydrogen (secondary N) is 1. The lowest BCUT2D eigenvalue weighted by Gasteiger charge is -2.09. The van der Waals surface area contributed by atoms with Crippen LogP contribution in [0.25, 0.3) is 5.69 Å². The van der Waals surface area contributed by atoms with Crippen molar-refractivity contribution in [3.05, 3.63) is 76.1 Å². The fourth-order valence-electron chi connectivity index (χ4n) is 3.30. The Hall–Kier alpha value is -3.25. The van der Waals surface area contributed by atoms with Crippen LogP contribution in [0, 0.1) is 13.8 Å². The molecule has 0 saturated heterocycles. The Morgan fingerprint density at radius 2 is 1.77 bits per heavy atom. The molecule has 0 unspecified atom stereocenters. The largest absolute Gasteiger partial charge is 0.493 e. The van der Waals surface area contributed by atoms with E-state index in [0.29, 0.717) is 16.5 Å². The van der Waals surface area contributed by atoms with Gasteiger partial charge in [-0.25, -0.2) is 5.43 Å². The third kappa shape index (κ3) is 4.83. The van der Waals surface area contributed by atoms with Crippen LogP contribution in [0.4, 0.5) is 0 Å². The summed E-state index contributed by atoms with van der Waals surface area (Å²) in [4.78, 5) is 12.3. The number of hydrogen-bond donors (Lipinski definition) is 1. The Morgan fingerprint density at radius 1 is 1.07 bits per heavy atom. The van der Waals surface area contributed by atoms with E-state index in [2.05, 4.69) is 15.1 Å². The highest BCUT2D eigenvalue weighted by Gasteiger charge is 2.10. The van der Waals surface area contributed by atoms with Crippen LogP contribution in [-0.2, 0) is 11.2 Å². The lowest BCUT2D eigenvalue weighted by atomic mass is 10.1. The summed E-state index contributed by atoms with van der Waals surface area (Å²) in [6.45, 7) is 4.03. The first-order chi connectivity index (χ1) is 14.4. The van der Waals surface area contributed by atoms with Crippen molar-refractivity contribution in [2.75, 3.05) is 14.2 Å². The molecule has 30 heavy (non-hydrogen) atoms. The molecule has 0 fully saturated rings. The Balaban J connectivity index is 1.67. The molecule has 0 spiro atoms. The number of benzene rings is 2. The van der Waals surface area contributed by atoms with E-state index in [0.717, 1.165) is 28.2 Å². The molecule has 3 aromatic rings. The van der Waals surface area contributed by atoms with Crippen LogP contribution in [0.1, 0.15) is 22.5 Å². The molecule has 0 atom stereocenters. The number of methoxy groups -OCH3 is 2. The molecule has 0 aliphatic rings. The summed E-state index contributed by atoms with van der Waals surface area (Å²) in [5.74, 6) is 0.988. The van der Waals surface area contributed by atoms with E-state index in [9.17, 15) is 4.79 Å². The third-order valence-electron chi connectivity index (χ3n) is 4.76. The van der Waals surface area contributed by atoms with Crippen LogP contribution < -0.4 is 14.9 Å². The molecule has 2 aromatic carbocycles. The van der Waals surface area contributed by atoms with E-state index in [1.165, 1.54) is 0 Å². The minimum atomic E-state index is -0.218. The molecular formula is C23H24ClN3O3. The summed E-state index contributed by atoms with van der Waals surface area (Å²) in [5, 5.41) is 4.82. The van der Waals surface area contributed by atoms with Crippen LogP contribution in [0.3, 0.4) is 0 Å². The van der Waals surface area contributed by atoms with Gasteiger partial charge in [-0.2, -0.15) is 5.10 Å². The highest BCUT2D eigenvalue weighted by atomic mass is 35.5. The van der Waals surface area contributed by atoms with Crippen molar-refractivity contribution in [3.63, 3.8) is 0 Å². The smallest absolute Gasteiger partial charge is 0.244 e. The van der Waals surface area contributed by atoms with Gasteiger partial charge in [-0.1, -0.05) is 17.7 Å².